The molecule has 1 aliphatic rings. The van der Waals surface area contributed by atoms with E-state index in [1.165, 1.54) is 0 Å². The molecule has 0 unspecified atom stereocenters. The highest BCUT2D eigenvalue weighted by Gasteiger charge is 2.23. The summed E-state index contributed by atoms with van der Waals surface area (Å²) >= 11 is 0. The molecule has 0 radical (unpaired) electrons. The monoisotopic (exact) mass is 429 g/mol. The minimum Gasteiger partial charge on any atom is -0.497 e. The maximum absolute atomic E-state index is 13.0. The number of hydrogen-bond donors (Lipinski definition) is 0. The van der Waals surface area contributed by atoms with E-state index in [2.05, 4.69) is 14.4 Å². The molecular formula is C24H35N3O4. The maximum Gasteiger partial charge on any atom is 0.178 e. The van der Waals surface area contributed by atoms with Crippen molar-refractivity contribution in [1.82, 2.24) is 14.4 Å². The molecule has 0 N–H and O–H groups in total. The summed E-state index contributed by atoms with van der Waals surface area (Å²) in [6.07, 6.45) is 0. The first-order valence-electron chi connectivity index (χ1n) is 10.8. The number of carbonyl (C=O) groups excluding carboxylic acids is 1. The molecule has 0 atom stereocenters. The summed E-state index contributed by atoms with van der Waals surface area (Å²) in [5.41, 5.74) is 4.09. The Kier molecular flexibility index (Phi) is 8.12. The summed E-state index contributed by atoms with van der Waals surface area (Å²) in [4.78, 5) is 17.6. The number of piperazine rings is 1. The van der Waals surface area contributed by atoms with Crippen molar-refractivity contribution < 1.29 is 19.0 Å². The van der Waals surface area contributed by atoms with Crippen molar-refractivity contribution in [3.63, 3.8) is 0 Å². The third-order valence-corrected chi connectivity index (χ3v) is 6.11. The lowest BCUT2D eigenvalue weighted by Gasteiger charge is -2.34. The molecule has 31 heavy (non-hydrogen) atoms. The van der Waals surface area contributed by atoms with Gasteiger partial charge in [0.1, 0.15) is 11.5 Å². The first-order chi connectivity index (χ1) is 15.0. The van der Waals surface area contributed by atoms with Gasteiger partial charge in [0.2, 0.25) is 0 Å². The Morgan fingerprint density at radius 3 is 2.32 bits per heavy atom. The lowest BCUT2D eigenvalue weighted by atomic mass is 10.1. The van der Waals surface area contributed by atoms with Gasteiger partial charge in [0.15, 0.2) is 5.78 Å². The van der Waals surface area contributed by atoms with E-state index in [1.54, 1.807) is 21.3 Å². The van der Waals surface area contributed by atoms with E-state index >= 15 is 0 Å². The van der Waals surface area contributed by atoms with Crippen molar-refractivity contribution in [3.05, 3.63) is 46.8 Å². The van der Waals surface area contributed by atoms with Crippen LogP contribution in [0.15, 0.2) is 24.3 Å². The van der Waals surface area contributed by atoms with Gasteiger partial charge >= 0.3 is 0 Å². The average molecular weight is 430 g/mol. The van der Waals surface area contributed by atoms with Crippen molar-refractivity contribution >= 4 is 5.78 Å². The highest BCUT2D eigenvalue weighted by atomic mass is 16.5. The second-order valence-corrected chi connectivity index (χ2v) is 8.08. The van der Waals surface area contributed by atoms with Crippen LogP contribution < -0.4 is 9.47 Å². The number of benzene rings is 1. The zero-order valence-electron chi connectivity index (χ0n) is 19.4. The molecule has 1 aliphatic heterocycles. The first kappa shape index (κ1) is 23.3. The lowest BCUT2D eigenvalue weighted by molar-refractivity contribution is 0.0842. The Hall–Kier alpha value is -2.35. The van der Waals surface area contributed by atoms with E-state index in [0.29, 0.717) is 13.2 Å². The van der Waals surface area contributed by atoms with Crippen molar-refractivity contribution in [2.75, 3.05) is 60.7 Å². The smallest absolute Gasteiger partial charge is 0.178 e. The van der Waals surface area contributed by atoms with Crippen LogP contribution in [0.5, 0.6) is 11.5 Å². The minimum absolute atomic E-state index is 0.194. The molecule has 0 bridgehead atoms. The fraction of sp³-hybridized carbons (Fsp3) is 0.542. The fourth-order valence-corrected chi connectivity index (χ4v) is 4.25. The zero-order valence-corrected chi connectivity index (χ0v) is 19.4. The molecule has 0 aliphatic carbocycles. The van der Waals surface area contributed by atoms with Crippen molar-refractivity contribution in [1.29, 1.82) is 0 Å². The van der Waals surface area contributed by atoms with Crippen LogP contribution in [-0.4, -0.2) is 80.8 Å². The van der Waals surface area contributed by atoms with E-state index in [1.807, 2.05) is 38.1 Å². The van der Waals surface area contributed by atoms with Crippen LogP contribution in [0.3, 0.4) is 0 Å². The molecule has 1 aromatic heterocycles. The predicted molar refractivity (Wildman–Crippen MR) is 121 cm³/mol. The van der Waals surface area contributed by atoms with Crippen LogP contribution in [0, 0.1) is 13.8 Å². The summed E-state index contributed by atoms with van der Waals surface area (Å²) in [5, 5.41) is 0. The number of ketones is 1. The molecule has 0 spiro atoms. The van der Waals surface area contributed by atoms with Crippen LogP contribution >= 0.6 is 0 Å². The largest absolute Gasteiger partial charge is 0.497 e. The number of carbonyl (C=O) groups is 1. The topological polar surface area (TPSA) is 56.2 Å². The molecule has 2 aromatic rings. The molecule has 0 amide bonds. The Morgan fingerprint density at radius 1 is 0.968 bits per heavy atom. The van der Waals surface area contributed by atoms with Gasteiger partial charge in [-0.3, -0.25) is 14.6 Å². The van der Waals surface area contributed by atoms with Gasteiger partial charge in [0.05, 0.1) is 27.4 Å². The highest BCUT2D eigenvalue weighted by Crippen LogP contribution is 2.25. The number of rotatable bonds is 10. The molecular weight excluding hydrogens is 394 g/mol. The van der Waals surface area contributed by atoms with Gasteiger partial charge in [0, 0.05) is 68.9 Å². The van der Waals surface area contributed by atoms with Crippen molar-refractivity contribution in [3.8, 4) is 11.5 Å². The Labute approximate surface area is 185 Å². The van der Waals surface area contributed by atoms with Gasteiger partial charge in [-0.15, -0.1) is 0 Å². The number of hydrogen-bond acceptors (Lipinski definition) is 6. The molecule has 1 aromatic carbocycles. The first-order valence-corrected chi connectivity index (χ1v) is 10.8. The van der Waals surface area contributed by atoms with E-state index < -0.39 is 0 Å². The second kappa shape index (κ2) is 10.8. The summed E-state index contributed by atoms with van der Waals surface area (Å²) in [6.45, 7) is 10.3. The lowest BCUT2D eigenvalue weighted by Crippen LogP contribution is -2.47. The summed E-state index contributed by atoms with van der Waals surface area (Å²) in [6, 6.07) is 7.91. The molecule has 2 heterocycles. The number of Topliss-reactive ketones (excluding diaryl/α,β-unsaturated/α-hetero) is 1. The predicted octanol–water partition coefficient (Wildman–Crippen LogP) is 2.77. The molecule has 0 saturated carbocycles. The van der Waals surface area contributed by atoms with Gasteiger partial charge in [-0.2, -0.15) is 0 Å². The standard InChI is InChI=1S/C24H35N3O4/c1-18-14-22(19(2)27(18)12-13-29-3)23(28)17-26-10-8-25(9-11-26)16-20-15-21(30-4)6-7-24(20)31-5/h6-7,14-15H,8-13,16-17H2,1-5H3. The van der Waals surface area contributed by atoms with Gasteiger partial charge in [-0.1, -0.05) is 0 Å². The van der Waals surface area contributed by atoms with E-state index in [4.69, 9.17) is 14.2 Å². The molecule has 3 rings (SSSR count). The number of ether oxygens (including phenoxy) is 3. The van der Waals surface area contributed by atoms with Crippen LogP contribution in [0.2, 0.25) is 0 Å². The third-order valence-electron chi connectivity index (χ3n) is 6.11. The SMILES string of the molecule is COCCn1c(C)cc(C(=O)CN2CCN(Cc3cc(OC)ccc3OC)CC2)c1C. The van der Waals surface area contributed by atoms with Crippen LogP contribution in [0.4, 0.5) is 0 Å². The molecule has 7 nitrogen and oxygen atoms in total. The van der Waals surface area contributed by atoms with Crippen molar-refractivity contribution in [2.45, 2.75) is 26.9 Å². The summed E-state index contributed by atoms with van der Waals surface area (Å²) < 4.78 is 18.2. The van der Waals surface area contributed by atoms with E-state index in [-0.39, 0.29) is 5.78 Å². The Morgan fingerprint density at radius 2 is 1.68 bits per heavy atom. The molecule has 1 fully saturated rings. The number of aryl methyl sites for hydroxylation is 1. The van der Waals surface area contributed by atoms with Gasteiger partial charge in [-0.05, 0) is 38.1 Å². The molecule has 1 saturated heterocycles. The highest BCUT2D eigenvalue weighted by molar-refractivity contribution is 5.99. The van der Waals surface area contributed by atoms with Crippen LogP contribution in [-0.2, 0) is 17.8 Å². The van der Waals surface area contributed by atoms with Crippen LogP contribution in [0.25, 0.3) is 0 Å². The number of methoxy groups -OCH3 is 3. The van der Waals surface area contributed by atoms with Crippen molar-refractivity contribution in [2.24, 2.45) is 0 Å². The average Bonchev–Trinajstić information content (AvgIpc) is 3.07. The van der Waals surface area contributed by atoms with E-state index in [0.717, 1.165) is 73.3 Å². The summed E-state index contributed by atoms with van der Waals surface area (Å²) in [5.74, 6) is 1.91. The Bertz CT molecular complexity index is 885. The number of aromatic nitrogens is 1. The summed E-state index contributed by atoms with van der Waals surface area (Å²) in [7, 11) is 5.07. The van der Waals surface area contributed by atoms with E-state index in [9.17, 15) is 4.79 Å². The van der Waals surface area contributed by atoms with Gasteiger partial charge in [0.25, 0.3) is 0 Å². The van der Waals surface area contributed by atoms with Gasteiger partial charge < -0.3 is 18.8 Å². The maximum atomic E-state index is 13.0. The normalized spacial score (nSPS) is 15.3. The fourth-order valence-electron chi connectivity index (χ4n) is 4.25. The Balaban J connectivity index is 1.55. The second-order valence-electron chi connectivity index (χ2n) is 8.08. The molecule has 7 heteroatoms. The molecule has 170 valence electrons. The third kappa shape index (κ3) is 5.67. The van der Waals surface area contributed by atoms with Gasteiger partial charge in [-0.25, -0.2) is 0 Å². The minimum atomic E-state index is 0.194. The zero-order chi connectivity index (χ0) is 22.4. The van der Waals surface area contributed by atoms with Crippen LogP contribution in [0.1, 0.15) is 27.3 Å². The number of nitrogens with zero attached hydrogens (tertiary/aromatic N) is 3. The quantitative estimate of drug-likeness (QED) is 0.542.